The molecule has 0 bridgehead atoms. The highest BCUT2D eigenvalue weighted by molar-refractivity contribution is 6.21. The average Bonchev–Trinajstić information content (AvgIpc) is 2.84. The Morgan fingerprint density at radius 3 is 2.22 bits per heavy atom. The van der Waals surface area contributed by atoms with Crippen LogP contribution in [-0.4, -0.2) is 29.7 Å². The van der Waals surface area contributed by atoms with Crippen molar-refractivity contribution in [2.24, 2.45) is 0 Å². The van der Waals surface area contributed by atoms with E-state index in [1.165, 1.54) is 24.8 Å². The summed E-state index contributed by atoms with van der Waals surface area (Å²) in [6.07, 6.45) is 3.18. The molecule has 2 aromatic carbocycles. The van der Waals surface area contributed by atoms with Gasteiger partial charge in [0.15, 0.2) is 0 Å². The van der Waals surface area contributed by atoms with E-state index in [0.29, 0.717) is 16.8 Å². The van der Waals surface area contributed by atoms with Crippen LogP contribution in [-0.2, 0) is 10.2 Å². The summed E-state index contributed by atoms with van der Waals surface area (Å²) in [7, 11) is 1.44. The number of benzene rings is 2. The molecule has 0 spiro atoms. The van der Waals surface area contributed by atoms with Gasteiger partial charge in [0.1, 0.15) is 0 Å². The van der Waals surface area contributed by atoms with E-state index >= 15 is 0 Å². The fraction of sp³-hybridized carbons (Fsp3) is 0.227. The first-order valence-corrected chi connectivity index (χ1v) is 8.73. The molecular weight excluding hydrogens is 340 g/mol. The molecule has 0 fully saturated rings. The molecule has 0 aliphatic carbocycles. The average molecular weight is 362 g/mol. The Kier molecular flexibility index (Phi) is 4.70. The lowest BCUT2D eigenvalue weighted by Crippen LogP contribution is -2.24. The fourth-order valence-corrected chi connectivity index (χ4v) is 2.89. The summed E-state index contributed by atoms with van der Waals surface area (Å²) in [4.78, 5) is 37.2. The zero-order chi connectivity index (χ0) is 19.8. The first-order chi connectivity index (χ1) is 12.7. The second-order valence-corrected chi connectivity index (χ2v) is 7.62. The molecule has 27 heavy (non-hydrogen) atoms. The second-order valence-electron chi connectivity index (χ2n) is 7.62. The van der Waals surface area contributed by atoms with Crippen molar-refractivity contribution in [3.63, 3.8) is 0 Å². The molecule has 1 N–H and O–H groups in total. The van der Waals surface area contributed by atoms with E-state index in [4.69, 9.17) is 0 Å². The number of imide groups is 1. The number of rotatable bonds is 3. The number of hydrogen-bond donors (Lipinski definition) is 1. The molecule has 0 aromatic heterocycles. The van der Waals surface area contributed by atoms with Crippen molar-refractivity contribution in [3.8, 4) is 0 Å². The zero-order valence-electron chi connectivity index (χ0n) is 15.9. The number of fused-ring (bicyclic) bond motifs is 1. The number of anilines is 1. The molecule has 0 saturated heterocycles. The van der Waals surface area contributed by atoms with Crippen LogP contribution in [0.25, 0.3) is 6.08 Å². The third-order valence-corrected chi connectivity index (χ3v) is 4.56. The van der Waals surface area contributed by atoms with E-state index in [0.717, 1.165) is 10.5 Å². The van der Waals surface area contributed by atoms with Gasteiger partial charge in [-0.2, -0.15) is 0 Å². The summed E-state index contributed by atoms with van der Waals surface area (Å²) >= 11 is 0. The molecule has 1 aliphatic rings. The van der Waals surface area contributed by atoms with Crippen LogP contribution in [0.4, 0.5) is 5.69 Å². The summed E-state index contributed by atoms with van der Waals surface area (Å²) in [6, 6.07) is 12.8. The lowest BCUT2D eigenvalue weighted by molar-refractivity contribution is -0.111. The van der Waals surface area contributed by atoms with Gasteiger partial charge in [-0.05, 0) is 40.8 Å². The van der Waals surface area contributed by atoms with Crippen LogP contribution in [0.3, 0.4) is 0 Å². The smallest absolute Gasteiger partial charge is 0.261 e. The third kappa shape index (κ3) is 3.82. The molecule has 0 atom stereocenters. The van der Waals surface area contributed by atoms with E-state index in [1.807, 2.05) is 12.1 Å². The van der Waals surface area contributed by atoms with E-state index in [-0.39, 0.29) is 23.1 Å². The summed E-state index contributed by atoms with van der Waals surface area (Å²) < 4.78 is 0. The SMILES string of the molecule is CN1C(=O)c2ccc(NC(=O)/C=C/c3ccc(C(C)(C)C)cc3)cc2C1=O. The zero-order valence-corrected chi connectivity index (χ0v) is 15.9. The highest BCUT2D eigenvalue weighted by atomic mass is 16.2. The molecule has 0 unspecified atom stereocenters. The predicted octanol–water partition coefficient (Wildman–Crippen LogP) is 3.86. The maximum atomic E-state index is 12.2. The molecule has 138 valence electrons. The van der Waals surface area contributed by atoms with Crippen LogP contribution < -0.4 is 5.32 Å². The van der Waals surface area contributed by atoms with E-state index in [9.17, 15) is 14.4 Å². The lowest BCUT2D eigenvalue weighted by atomic mass is 9.87. The maximum Gasteiger partial charge on any atom is 0.261 e. The number of amides is 3. The fourth-order valence-electron chi connectivity index (χ4n) is 2.89. The van der Waals surface area contributed by atoms with E-state index < -0.39 is 0 Å². The van der Waals surface area contributed by atoms with Gasteiger partial charge >= 0.3 is 0 Å². The van der Waals surface area contributed by atoms with Crippen molar-refractivity contribution in [1.82, 2.24) is 4.90 Å². The van der Waals surface area contributed by atoms with Crippen LogP contribution in [0.5, 0.6) is 0 Å². The van der Waals surface area contributed by atoms with Gasteiger partial charge in [0.2, 0.25) is 5.91 Å². The topological polar surface area (TPSA) is 66.5 Å². The number of hydrogen-bond acceptors (Lipinski definition) is 3. The molecular formula is C22H22N2O3. The van der Waals surface area contributed by atoms with Gasteiger partial charge in [-0.25, -0.2) is 0 Å². The summed E-state index contributed by atoms with van der Waals surface area (Å²) in [5.74, 6) is -0.993. The predicted molar refractivity (Wildman–Crippen MR) is 106 cm³/mol. The molecule has 0 saturated carbocycles. The van der Waals surface area contributed by atoms with Gasteiger partial charge in [-0.15, -0.1) is 0 Å². The van der Waals surface area contributed by atoms with Crippen LogP contribution in [0, 0.1) is 0 Å². The van der Waals surface area contributed by atoms with E-state index in [1.54, 1.807) is 18.2 Å². The standard InChI is InChI=1S/C22H22N2O3/c1-22(2,3)15-8-5-14(6-9-15)7-12-19(25)23-16-10-11-17-18(13-16)21(27)24(4)20(17)26/h5-13H,1-4H3,(H,23,25)/b12-7+. The number of carbonyl (C=O) groups excluding carboxylic acids is 3. The molecule has 2 aromatic rings. The van der Waals surface area contributed by atoms with Gasteiger partial charge in [0, 0.05) is 18.8 Å². The number of nitrogens with one attached hydrogen (secondary N) is 1. The van der Waals surface area contributed by atoms with Crippen molar-refractivity contribution >= 4 is 29.5 Å². The van der Waals surface area contributed by atoms with Gasteiger partial charge in [0.05, 0.1) is 11.1 Å². The Morgan fingerprint density at radius 2 is 1.59 bits per heavy atom. The van der Waals surface area contributed by atoms with Crippen molar-refractivity contribution in [2.75, 3.05) is 12.4 Å². The summed E-state index contributed by atoms with van der Waals surface area (Å²) in [6.45, 7) is 6.45. The molecule has 0 radical (unpaired) electrons. The third-order valence-electron chi connectivity index (χ3n) is 4.56. The van der Waals surface area contributed by atoms with E-state index in [2.05, 4.69) is 38.2 Å². The molecule has 3 amide bonds. The van der Waals surface area contributed by atoms with Crippen LogP contribution >= 0.6 is 0 Å². The van der Waals surface area contributed by atoms with Crippen LogP contribution in [0.1, 0.15) is 52.6 Å². The van der Waals surface area contributed by atoms with Crippen LogP contribution in [0.15, 0.2) is 48.5 Å². The number of carbonyl (C=O) groups is 3. The normalized spacial score (nSPS) is 14.0. The lowest BCUT2D eigenvalue weighted by Gasteiger charge is -2.18. The minimum absolute atomic E-state index is 0.0834. The highest BCUT2D eigenvalue weighted by Gasteiger charge is 2.32. The molecule has 1 heterocycles. The summed E-state index contributed by atoms with van der Waals surface area (Å²) in [5, 5.41) is 2.72. The van der Waals surface area contributed by atoms with Crippen molar-refractivity contribution < 1.29 is 14.4 Å². The highest BCUT2D eigenvalue weighted by Crippen LogP contribution is 2.25. The minimum atomic E-state index is -0.361. The Balaban J connectivity index is 1.69. The Hall–Kier alpha value is -3.21. The summed E-state index contributed by atoms with van der Waals surface area (Å²) in [5.41, 5.74) is 3.38. The first kappa shape index (κ1) is 18.6. The largest absolute Gasteiger partial charge is 0.322 e. The van der Waals surface area contributed by atoms with Crippen molar-refractivity contribution in [3.05, 3.63) is 70.8 Å². The second kappa shape index (κ2) is 6.83. The first-order valence-electron chi connectivity index (χ1n) is 8.73. The quantitative estimate of drug-likeness (QED) is 0.666. The van der Waals surface area contributed by atoms with Crippen molar-refractivity contribution in [1.29, 1.82) is 0 Å². The molecule has 1 aliphatic heterocycles. The van der Waals surface area contributed by atoms with Gasteiger partial charge in [0.25, 0.3) is 11.8 Å². The molecule has 5 nitrogen and oxygen atoms in total. The number of nitrogens with zero attached hydrogens (tertiary/aromatic N) is 1. The minimum Gasteiger partial charge on any atom is -0.322 e. The Bertz CT molecular complexity index is 951. The Morgan fingerprint density at radius 1 is 0.963 bits per heavy atom. The molecule has 3 rings (SSSR count). The molecule has 5 heteroatoms. The van der Waals surface area contributed by atoms with Gasteiger partial charge < -0.3 is 5.32 Å². The monoisotopic (exact) mass is 362 g/mol. The Labute approximate surface area is 158 Å². The van der Waals surface area contributed by atoms with Crippen LogP contribution in [0.2, 0.25) is 0 Å². The van der Waals surface area contributed by atoms with Gasteiger partial charge in [-0.3, -0.25) is 19.3 Å². The van der Waals surface area contributed by atoms with Gasteiger partial charge in [-0.1, -0.05) is 45.0 Å². The maximum absolute atomic E-state index is 12.2. The van der Waals surface area contributed by atoms with Crippen molar-refractivity contribution in [2.45, 2.75) is 26.2 Å².